The van der Waals surface area contributed by atoms with E-state index in [4.69, 9.17) is 11.6 Å². The first-order chi connectivity index (χ1) is 7.02. The molecule has 2 aromatic rings. The molecule has 0 saturated carbocycles. The van der Waals surface area contributed by atoms with Crippen molar-refractivity contribution in [1.29, 1.82) is 0 Å². The smallest absolute Gasteiger partial charge is 0.150 e. The highest BCUT2D eigenvalue weighted by molar-refractivity contribution is 14.1. The number of fused-ring (bicyclic) bond motifs is 1. The molecule has 2 rings (SSSR count). The molecule has 0 aliphatic rings. The number of hydrogen-bond acceptors (Lipinski definition) is 1. The lowest BCUT2D eigenvalue weighted by Gasteiger charge is -2.05. The highest BCUT2D eigenvalue weighted by atomic mass is 127. The molecule has 15 heavy (non-hydrogen) atoms. The molecule has 0 unspecified atom stereocenters. The van der Waals surface area contributed by atoms with Crippen LogP contribution in [0.1, 0.15) is 0 Å². The van der Waals surface area contributed by atoms with Crippen molar-refractivity contribution in [2.24, 2.45) is 0 Å². The third kappa shape index (κ3) is 1.85. The molecule has 1 nitrogen and oxygen atoms in total. The first-order valence-electron chi connectivity index (χ1n) is 3.79. The summed E-state index contributed by atoms with van der Waals surface area (Å²) < 4.78 is 27.7. The van der Waals surface area contributed by atoms with Gasteiger partial charge in [0.15, 0.2) is 5.82 Å². The van der Waals surface area contributed by atoms with Gasteiger partial charge in [0.25, 0.3) is 0 Å². The fourth-order valence-electron chi connectivity index (χ4n) is 1.21. The molecule has 1 aromatic heterocycles. The van der Waals surface area contributed by atoms with Crippen LogP contribution in [0.2, 0.25) is 5.02 Å². The van der Waals surface area contributed by atoms with Crippen LogP contribution < -0.4 is 0 Å². The molecule has 1 aromatic carbocycles. The van der Waals surface area contributed by atoms with E-state index in [0.29, 0.717) is 3.57 Å². The van der Waals surface area contributed by atoms with Gasteiger partial charge in [0, 0.05) is 6.20 Å². The number of benzene rings is 1. The molecule has 0 N–H and O–H groups in total. The van der Waals surface area contributed by atoms with Gasteiger partial charge >= 0.3 is 0 Å². The van der Waals surface area contributed by atoms with Gasteiger partial charge in [-0.3, -0.25) is 4.98 Å². The average molecular weight is 404 g/mol. The van der Waals surface area contributed by atoms with Gasteiger partial charge in [-0.2, -0.15) is 0 Å². The Balaban J connectivity index is 3.04. The van der Waals surface area contributed by atoms with Gasteiger partial charge < -0.3 is 0 Å². The van der Waals surface area contributed by atoms with Crippen LogP contribution in [0.3, 0.4) is 0 Å². The standard InChI is InChI=1S/C9H2BrClF2IN/c10-3-1-4(12)9-6(8(3)13)7(11)5(14)2-15-9/h1-2H. The van der Waals surface area contributed by atoms with Crippen LogP contribution in [0.25, 0.3) is 10.9 Å². The maximum atomic E-state index is 13.7. The lowest BCUT2D eigenvalue weighted by Crippen LogP contribution is -1.92. The second-order valence-electron chi connectivity index (χ2n) is 2.80. The Kier molecular flexibility index (Phi) is 3.14. The van der Waals surface area contributed by atoms with E-state index >= 15 is 0 Å². The summed E-state index contributed by atoms with van der Waals surface area (Å²) in [6.07, 6.45) is 1.40. The van der Waals surface area contributed by atoms with E-state index in [1.54, 1.807) is 0 Å². The Hall–Kier alpha value is -0.0100. The van der Waals surface area contributed by atoms with Crippen molar-refractivity contribution >= 4 is 61.0 Å². The van der Waals surface area contributed by atoms with Gasteiger partial charge in [-0.05, 0) is 44.6 Å². The van der Waals surface area contributed by atoms with Crippen molar-refractivity contribution in [1.82, 2.24) is 4.98 Å². The van der Waals surface area contributed by atoms with Crippen molar-refractivity contribution in [2.45, 2.75) is 0 Å². The van der Waals surface area contributed by atoms with Crippen LogP contribution in [0.15, 0.2) is 16.7 Å². The average Bonchev–Trinajstić information content (AvgIpc) is 2.19. The van der Waals surface area contributed by atoms with Crippen LogP contribution in [-0.4, -0.2) is 4.98 Å². The number of rotatable bonds is 0. The molecule has 0 amide bonds. The molecule has 0 bridgehead atoms. The zero-order valence-electron chi connectivity index (χ0n) is 6.99. The quantitative estimate of drug-likeness (QED) is 0.464. The molecule has 6 heteroatoms. The van der Waals surface area contributed by atoms with Crippen LogP contribution in [0, 0.1) is 15.2 Å². The Morgan fingerprint density at radius 1 is 1.40 bits per heavy atom. The summed E-state index contributed by atoms with van der Waals surface area (Å²) in [5, 5.41) is 0.189. The molecule has 78 valence electrons. The Morgan fingerprint density at radius 3 is 2.73 bits per heavy atom. The summed E-state index contributed by atoms with van der Waals surface area (Å²) in [4.78, 5) is 3.82. The van der Waals surface area contributed by atoms with Gasteiger partial charge in [0.2, 0.25) is 0 Å². The zero-order valence-corrected chi connectivity index (χ0v) is 11.5. The van der Waals surface area contributed by atoms with Crippen molar-refractivity contribution in [2.75, 3.05) is 0 Å². The maximum absolute atomic E-state index is 13.7. The van der Waals surface area contributed by atoms with Crippen LogP contribution in [0.5, 0.6) is 0 Å². The molecule has 0 aliphatic carbocycles. The molecular weight excluding hydrogens is 402 g/mol. The van der Waals surface area contributed by atoms with E-state index in [2.05, 4.69) is 20.9 Å². The van der Waals surface area contributed by atoms with Gasteiger partial charge in [0.1, 0.15) is 11.3 Å². The van der Waals surface area contributed by atoms with E-state index in [-0.39, 0.29) is 20.4 Å². The third-order valence-corrected chi connectivity index (χ3v) is 3.99. The normalized spacial score (nSPS) is 11.0. The summed E-state index contributed by atoms with van der Waals surface area (Å²) in [6, 6.07) is 1.04. The minimum absolute atomic E-state index is 0.00967. The zero-order chi connectivity index (χ0) is 11.2. The van der Waals surface area contributed by atoms with Gasteiger partial charge in [-0.25, -0.2) is 8.78 Å². The van der Waals surface area contributed by atoms with Crippen molar-refractivity contribution in [3.8, 4) is 0 Å². The highest BCUT2D eigenvalue weighted by Gasteiger charge is 2.16. The summed E-state index contributed by atoms with van der Waals surface area (Å²) in [5.74, 6) is -1.20. The minimum atomic E-state index is -0.600. The molecule has 0 radical (unpaired) electrons. The number of halogens is 5. The molecule has 0 atom stereocenters. The minimum Gasteiger partial charge on any atom is -0.252 e. The largest absolute Gasteiger partial charge is 0.252 e. The van der Waals surface area contributed by atoms with Crippen LogP contribution >= 0.6 is 50.1 Å². The lowest BCUT2D eigenvalue weighted by atomic mass is 10.2. The molecule has 0 spiro atoms. The number of nitrogens with zero attached hydrogens (tertiary/aromatic N) is 1. The first kappa shape index (κ1) is 11.5. The third-order valence-electron chi connectivity index (χ3n) is 1.88. The monoisotopic (exact) mass is 403 g/mol. The maximum Gasteiger partial charge on any atom is 0.150 e. The van der Waals surface area contributed by atoms with Gasteiger partial charge in [0.05, 0.1) is 18.5 Å². The summed E-state index contributed by atoms with van der Waals surface area (Å²) in [5.41, 5.74) is -0.0545. The van der Waals surface area contributed by atoms with E-state index in [1.807, 2.05) is 22.6 Å². The second kappa shape index (κ2) is 4.10. The van der Waals surface area contributed by atoms with E-state index in [9.17, 15) is 8.78 Å². The topological polar surface area (TPSA) is 12.9 Å². The SMILES string of the molecule is Fc1cc(Br)c(F)c2c(Cl)c(I)cnc12. The Bertz CT molecular complexity index is 553. The summed E-state index contributed by atoms with van der Waals surface area (Å²) in [7, 11) is 0. The van der Waals surface area contributed by atoms with Gasteiger partial charge in [-0.1, -0.05) is 11.6 Å². The van der Waals surface area contributed by atoms with E-state index in [0.717, 1.165) is 6.07 Å². The fourth-order valence-corrected chi connectivity index (χ4v) is 2.24. The molecule has 0 saturated heterocycles. The molecule has 0 fully saturated rings. The lowest BCUT2D eigenvalue weighted by molar-refractivity contribution is 0.610. The number of aromatic nitrogens is 1. The fraction of sp³-hybridized carbons (Fsp3) is 0. The summed E-state index contributed by atoms with van der Waals surface area (Å²) >= 11 is 10.7. The second-order valence-corrected chi connectivity index (χ2v) is 5.19. The van der Waals surface area contributed by atoms with Crippen LogP contribution in [-0.2, 0) is 0 Å². The first-order valence-corrected chi connectivity index (χ1v) is 6.04. The molecular formula is C9H2BrClF2IN. The predicted octanol–water partition coefficient (Wildman–Crippen LogP) is 4.53. The van der Waals surface area contributed by atoms with Crippen molar-refractivity contribution in [3.63, 3.8) is 0 Å². The predicted molar refractivity (Wildman–Crippen MR) is 67.1 cm³/mol. The highest BCUT2D eigenvalue weighted by Crippen LogP contribution is 2.33. The number of hydrogen-bond donors (Lipinski definition) is 0. The summed E-state index contributed by atoms with van der Waals surface area (Å²) in [6.45, 7) is 0. The molecule has 1 heterocycles. The van der Waals surface area contributed by atoms with E-state index < -0.39 is 11.6 Å². The van der Waals surface area contributed by atoms with Crippen LogP contribution in [0.4, 0.5) is 8.78 Å². The van der Waals surface area contributed by atoms with Crippen molar-refractivity contribution < 1.29 is 8.78 Å². The van der Waals surface area contributed by atoms with Crippen molar-refractivity contribution in [3.05, 3.63) is 37.0 Å². The Labute approximate surface area is 111 Å². The number of pyridine rings is 1. The molecule has 0 aliphatic heterocycles. The van der Waals surface area contributed by atoms with E-state index in [1.165, 1.54) is 6.20 Å². The van der Waals surface area contributed by atoms with Gasteiger partial charge in [-0.15, -0.1) is 0 Å². The Morgan fingerprint density at radius 2 is 2.07 bits per heavy atom.